The van der Waals surface area contributed by atoms with Crippen LogP contribution in [0.4, 0.5) is 0 Å². The van der Waals surface area contributed by atoms with Crippen LogP contribution in [-0.2, 0) is 0 Å². The molecule has 0 heterocycles. The minimum Gasteiger partial charge on any atom is -0.390 e. The standard InChI is InChI=1S/C11H16ClNO2/c1-13-7-6-10(14)11(15)8-2-4-9(12)5-3-8/h2-5,10-11,13-15H,6-7H2,1H3. The van der Waals surface area contributed by atoms with E-state index in [9.17, 15) is 10.2 Å². The minimum absolute atomic E-state index is 0.514. The molecule has 1 aromatic carbocycles. The number of hydrogen-bond donors (Lipinski definition) is 3. The summed E-state index contributed by atoms with van der Waals surface area (Å²) in [7, 11) is 1.81. The van der Waals surface area contributed by atoms with Crippen molar-refractivity contribution in [3.05, 3.63) is 34.9 Å². The van der Waals surface area contributed by atoms with E-state index in [1.165, 1.54) is 0 Å². The van der Waals surface area contributed by atoms with Gasteiger partial charge in [-0.05, 0) is 37.7 Å². The van der Waals surface area contributed by atoms with Gasteiger partial charge >= 0.3 is 0 Å². The lowest BCUT2D eigenvalue weighted by molar-refractivity contribution is 0.0140. The molecule has 2 atom stereocenters. The first kappa shape index (κ1) is 12.5. The molecule has 0 radical (unpaired) electrons. The third-order valence-electron chi connectivity index (χ3n) is 2.27. The average Bonchev–Trinajstić information content (AvgIpc) is 2.26. The van der Waals surface area contributed by atoms with Crippen LogP contribution in [-0.4, -0.2) is 29.9 Å². The largest absolute Gasteiger partial charge is 0.390 e. The van der Waals surface area contributed by atoms with Crippen molar-refractivity contribution in [1.29, 1.82) is 0 Å². The van der Waals surface area contributed by atoms with E-state index in [-0.39, 0.29) is 0 Å². The summed E-state index contributed by atoms with van der Waals surface area (Å²) in [5.41, 5.74) is 0.683. The van der Waals surface area contributed by atoms with Crippen LogP contribution in [0.15, 0.2) is 24.3 Å². The fourth-order valence-electron chi connectivity index (χ4n) is 1.33. The van der Waals surface area contributed by atoms with Gasteiger partial charge in [0.15, 0.2) is 0 Å². The van der Waals surface area contributed by atoms with Crippen LogP contribution in [0.1, 0.15) is 18.1 Å². The van der Waals surface area contributed by atoms with E-state index in [1.54, 1.807) is 31.3 Å². The van der Waals surface area contributed by atoms with Gasteiger partial charge in [0.25, 0.3) is 0 Å². The molecule has 0 aliphatic heterocycles. The highest BCUT2D eigenvalue weighted by Gasteiger charge is 2.17. The van der Waals surface area contributed by atoms with Crippen molar-refractivity contribution in [2.75, 3.05) is 13.6 Å². The Balaban J connectivity index is 2.59. The highest BCUT2D eigenvalue weighted by Crippen LogP contribution is 2.20. The summed E-state index contributed by atoms with van der Waals surface area (Å²) >= 11 is 5.73. The van der Waals surface area contributed by atoms with E-state index in [0.717, 1.165) is 0 Å². The molecule has 0 amide bonds. The molecule has 15 heavy (non-hydrogen) atoms. The Labute approximate surface area is 94.7 Å². The molecule has 0 saturated heterocycles. The van der Waals surface area contributed by atoms with Gasteiger partial charge in [0.1, 0.15) is 6.10 Å². The summed E-state index contributed by atoms with van der Waals surface area (Å²) in [4.78, 5) is 0. The average molecular weight is 230 g/mol. The molecule has 0 bridgehead atoms. The van der Waals surface area contributed by atoms with Gasteiger partial charge in [-0.2, -0.15) is 0 Å². The van der Waals surface area contributed by atoms with Crippen molar-refractivity contribution in [2.24, 2.45) is 0 Å². The summed E-state index contributed by atoms with van der Waals surface area (Å²) in [6.45, 7) is 0.672. The second-order valence-corrected chi connectivity index (χ2v) is 3.89. The van der Waals surface area contributed by atoms with E-state index in [0.29, 0.717) is 23.6 Å². The first-order chi connectivity index (χ1) is 7.15. The van der Waals surface area contributed by atoms with Gasteiger partial charge in [-0.15, -0.1) is 0 Å². The van der Waals surface area contributed by atoms with Crippen molar-refractivity contribution >= 4 is 11.6 Å². The predicted molar refractivity (Wildman–Crippen MR) is 61.0 cm³/mol. The second kappa shape index (κ2) is 6.08. The molecule has 3 N–H and O–H groups in total. The summed E-state index contributed by atoms with van der Waals surface area (Å²) in [5, 5.41) is 23.0. The van der Waals surface area contributed by atoms with Gasteiger partial charge in [-0.1, -0.05) is 23.7 Å². The van der Waals surface area contributed by atoms with Crippen molar-refractivity contribution in [3.8, 4) is 0 Å². The monoisotopic (exact) mass is 229 g/mol. The maximum Gasteiger partial charge on any atom is 0.105 e. The van der Waals surface area contributed by atoms with Crippen LogP contribution in [0.5, 0.6) is 0 Å². The number of nitrogens with one attached hydrogen (secondary N) is 1. The Morgan fingerprint density at radius 3 is 2.40 bits per heavy atom. The fourth-order valence-corrected chi connectivity index (χ4v) is 1.46. The fraction of sp³-hybridized carbons (Fsp3) is 0.455. The molecule has 3 nitrogen and oxygen atoms in total. The number of halogens is 1. The van der Waals surface area contributed by atoms with Crippen LogP contribution < -0.4 is 5.32 Å². The van der Waals surface area contributed by atoms with Crippen molar-refractivity contribution in [1.82, 2.24) is 5.32 Å². The molecule has 84 valence electrons. The molecule has 0 aliphatic rings. The normalized spacial score (nSPS) is 14.9. The maximum absolute atomic E-state index is 9.79. The molecule has 4 heteroatoms. The van der Waals surface area contributed by atoms with Crippen molar-refractivity contribution in [3.63, 3.8) is 0 Å². The van der Waals surface area contributed by atoms with Gasteiger partial charge < -0.3 is 15.5 Å². The molecule has 0 saturated carbocycles. The number of hydrogen-bond acceptors (Lipinski definition) is 3. The van der Waals surface area contributed by atoms with Crippen molar-refractivity contribution < 1.29 is 10.2 Å². The van der Waals surface area contributed by atoms with Crippen LogP contribution in [0.3, 0.4) is 0 Å². The third-order valence-corrected chi connectivity index (χ3v) is 2.52. The zero-order chi connectivity index (χ0) is 11.3. The van der Waals surface area contributed by atoms with Gasteiger partial charge in [-0.25, -0.2) is 0 Å². The SMILES string of the molecule is CNCCC(O)C(O)c1ccc(Cl)cc1. The van der Waals surface area contributed by atoms with Crippen LogP contribution in [0, 0.1) is 0 Å². The van der Waals surface area contributed by atoms with Gasteiger partial charge in [0.05, 0.1) is 6.10 Å². The summed E-state index contributed by atoms with van der Waals surface area (Å²) < 4.78 is 0. The Kier molecular flexibility index (Phi) is 5.05. The number of aliphatic hydroxyl groups excluding tert-OH is 2. The molecule has 0 aliphatic carbocycles. The third kappa shape index (κ3) is 3.80. The number of benzene rings is 1. The smallest absolute Gasteiger partial charge is 0.105 e. The van der Waals surface area contributed by atoms with E-state index >= 15 is 0 Å². The molecular formula is C11H16ClNO2. The Hall–Kier alpha value is -0.610. The van der Waals surface area contributed by atoms with Crippen LogP contribution in [0.2, 0.25) is 5.02 Å². The second-order valence-electron chi connectivity index (χ2n) is 3.46. The zero-order valence-electron chi connectivity index (χ0n) is 8.65. The van der Waals surface area contributed by atoms with Crippen molar-refractivity contribution in [2.45, 2.75) is 18.6 Å². The Morgan fingerprint density at radius 1 is 1.27 bits per heavy atom. The summed E-state index contributed by atoms with van der Waals surface area (Å²) in [6, 6.07) is 6.83. The lowest BCUT2D eigenvalue weighted by Crippen LogP contribution is -2.23. The Bertz CT molecular complexity index is 289. The molecule has 2 unspecified atom stereocenters. The first-order valence-electron chi connectivity index (χ1n) is 4.91. The topological polar surface area (TPSA) is 52.5 Å². The van der Waals surface area contributed by atoms with Gasteiger partial charge in [0, 0.05) is 5.02 Å². The van der Waals surface area contributed by atoms with E-state index in [4.69, 9.17) is 11.6 Å². The summed E-state index contributed by atoms with van der Waals surface area (Å²) in [6.07, 6.45) is -1.09. The van der Waals surface area contributed by atoms with Gasteiger partial charge in [0.2, 0.25) is 0 Å². The quantitative estimate of drug-likeness (QED) is 0.715. The highest BCUT2D eigenvalue weighted by molar-refractivity contribution is 6.30. The summed E-state index contributed by atoms with van der Waals surface area (Å²) in [5.74, 6) is 0. The highest BCUT2D eigenvalue weighted by atomic mass is 35.5. The lowest BCUT2D eigenvalue weighted by atomic mass is 10.0. The lowest BCUT2D eigenvalue weighted by Gasteiger charge is -2.17. The molecule has 1 aromatic rings. The number of aliphatic hydroxyl groups is 2. The maximum atomic E-state index is 9.79. The first-order valence-corrected chi connectivity index (χ1v) is 5.29. The van der Waals surface area contributed by atoms with Crippen LogP contribution >= 0.6 is 11.6 Å². The van der Waals surface area contributed by atoms with E-state index in [2.05, 4.69) is 5.32 Å². The molecule has 1 rings (SSSR count). The molecule has 0 aromatic heterocycles. The van der Waals surface area contributed by atoms with E-state index in [1.807, 2.05) is 0 Å². The zero-order valence-corrected chi connectivity index (χ0v) is 9.41. The van der Waals surface area contributed by atoms with E-state index < -0.39 is 12.2 Å². The number of rotatable bonds is 5. The van der Waals surface area contributed by atoms with Gasteiger partial charge in [-0.3, -0.25) is 0 Å². The Morgan fingerprint density at radius 2 is 1.87 bits per heavy atom. The minimum atomic E-state index is -0.851. The molecule has 0 spiro atoms. The molecular weight excluding hydrogens is 214 g/mol. The molecule has 0 fully saturated rings. The predicted octanol–water partition coefficient (Wildman–Crippen LogP) is 1.34. The van der Waals surface area contributed by atoms with Crippen LogP contribution in [0.25, 0.3) is 0 Å².